The first-order valence-electron chi connectivity index (χ1n) is 7.51. The Hall–Kier alpha value is -1.81. The van der Waals surface area contributed by atoms with Gasteiger partial charge >= 0.3 is 0 Å². The fourth-order valence-electron chi connectivity index (χ4n) is 2.13. The van der Waals surface area contributed by atoms with E-state index in [4.69, 9.17) is 10.5 Å². The van der Waals surface area contributed by atoms with Gasteiger partial charge in [0, 0.05) is 6.54 Å². The molecule has 136 valence electrons. The molecule has 2 rings (SSSR count). The number of sulfone groups is 1. The van der Waals surface area contributed by atoms with Crippen LogP contribution >= 0.6 is 24.0 Å². The second kappa shape index (κ2) is 10.2. The van der Waals surface area contributed by atoms with Crippen LogP contribution in [0.1, 0.15) is 6.42 Å². The third-order valence-electron chi connectivity index (χ3n) is 3.33. The van der Waals surface area contributed by atoms with E-state index in [2.05, 4.69) is 10.3 Å². The average molecular weight is 475 g/mol. The van der Waals surface area contributed by atoms with E-state index < -0.39 is 9.84 Å². The number of ether oxygens (including phenoxy) is 1. The summed E-state index contributed by atoms with van der Waals surface area (Å²) in [6.07, 6.45) is 0.394. The fourth-order valence-corrected chi connectivity index (χ4v) is 3.44. The molecule has 2 aromatic rings. The van der Waals surface area contributed by atoms with Crippen molar-refractivity contribution >= 4 is 45.5 Å². The molecule has 25 heavy (non-hydrogen) atoms. The van der Waals surface area contributed by atoms with Crippen molar-refractivity contribution in [1.82, 2.24) is 0 Å². The van der Waals surface area contributed by atoms with Crippen molar-refractivity contribution in [2.45, 2.75) is 11.3 Å². The zero-order valence-electron chi connectivity index (χ0n) is 13.9. The molecule has 0 atom stereocenters. The maximum atomic E-state index is 12.1. The van der Waals surface area contributed by atoms with Crippen LogP contribution < -0.4 is 15.8 Å². The number of halogens is 1. The lowest BCUT2D eigenvalue weighted by Gasteiger charge is -2.10. The summed E-state index contributed by atoms with van der Waals surface area (Å²) in [7, 11) is -1.71. The molecule has 0 radical (unpaired) electrons. The normalized spacial score (nSPS) is 11.5. The van der Waals surface area contributed by atoms with Crippen LogP contribution in [-0.2, 0) is 9.84 Å². The molecule has 0 saturated carbocycles. The Balaban J connectivity index is 0.00000312. The first-order chi connectivity index (χ1) is 11.5. The number of methoxy groups -OCH3 is 1. The maximum absolute atomic E-state index is 12.1. The van der Waals surface area contributed by atoms with Crippen LogP contribution in [0.4, 0.5) is 5.69 Å². The molecule has 0 aliphatic rings. The predicted octanol–water partition coefficient (Wildman–Crippen LogP) is 2.90. The summed E-state index contributed by atoms with van der Waals surface area (Å²) in [4.78, 5) is 4.48. The minimum atomic E-state index is -3.28. The van der Waals surface area contributed by atoms with E-state index >= 15 is 0 Å². The SMILES string of the molecule is COc1ccccc1NC(N)=NCCCS(=O)(=O)c1ccccc1.I. The number of anilines is 1. The van der Waals surface area contributed by atoms with E-state index in [0.29, 0.717) is 29.3 Å². The smallest absolute Gasteiger partial charge is 0.193 e. The Kier molecular flexibility index (Phi) is 8.70. The molecule has 2 aromatic carbocycles. The third-order valence-corrected chi connectivity index (χ3v) is 5.14. The van der Waals surface area contributed by atoms with Crippen LogP contribution in [0.15, 0.2) is 64.5 Å². The standard InChI is InChI=1S/C17H21N3O3S.HI/c1-23-16-11-6-5-10-15(16)20-17(18)19-12-7-13-24(21,22)14-8-3-2-4-9-14;/h2-6,8-11H,7,12-13H2,1H3,(H3,18,19,20);1H. The number of nitrogens with zero attached hydrogens (tertiary/aromatic N) is 1. The van der Waals surface area contributed by atoms with Crippen molar-refractivity contribution in [3.8, 4) is 5.75 Å². The van der Waals surface area contributed by atoms with Gasteiger partial charge in [-0.2, -0.15) is 0 Å². The lowest BCUT2D eigenvalue weighted by atomic mass is 10.3. The number of rotatable bonds is 7. The van der Waals surface area contributed by atoms with Crippen LogP contribution in [0.5, 0.6) is 5.75 Å². The number of para-hydroxylation sites is 2. The number of guanidine groups is 1. The van der Waals surface area contributed by atoms with Crippen LogP contribution in [0.25, 0.3) is 0 Å². The average Bonchev–Trinajstić information content (AvgIpc) is 2.60. The minimum Gasteiger partial charge on any atom is -0.495 e. The van der Waals surface area contributed by atoms with Crippen molar-refractivity contribution < 1.29 is 13.2 Å². The zero-order valence-corrected chi connectivity index (χ0v) is 17.0. The molecule has 3 N–H and O–H groups in total. The van der Waals surface area contributed by atoms with Gasteiger partial charge in [-0.3, -0.25) is 4.99 Å². The molecule has 0 fully saturated rings. The van der Waals surface area contributed by atoms with Gasteiger partial charge in [0.1, 0.15) is 5.75 Å². The summed E-state index contributed by atoms with van der Waals surface area (Å²) in [5.74, 6) is 0.904. The number of benzene rings is 2. The van der Waals surface area contributed by atoms with Crippen molar-refractivity contribution in [2.24, 2.45) is 10.7 Å². The van der Waals surface area contributed by atoms with Crippen LogP contribution in [-0.4, -0.2) is 33.8 Å². The number of hydrogen-bond acceptors (Lipinski definition) is 4. The summed E-state index contributed by atoms with van der Waals surface area (Å²) in [6.45, 7) is 0.319. The number of hydrogen-bond donors (Lipinski definition) is 2. The Labute approximate surface area is 165 Å². The summed E-state index contributed by atoms with van der Waals surface area (Å²) in [6, 6.07) is 15.7. The topological polar surface area (TPSA) is 93.8 Å². The first-order valence-corrected chi connectivity index (χ1v) is 9.16. The molecule has 6 nitrogen and oxygen atoms in total. The molecule has 0 aliphatic heterocycles. The zero-order chi connectivity index (χ0) is 17.4. The number of aliphatic imine (C=N–C) groups is 1. The van der Waals surface area contributed by atoms with Gasteiger partial charge in [0.2, 0.25) is 0 Å². The monoisotopic (exact) mass is 475 g/mol. The van der Waals surface area contributed by atoms with Gasteiger partial charge < -0.3 is 15.8 Å². The van der Waals surface area contributed by atoms with Crippen molar-refractivity contribution in [1.29, 1.82) is 0 Å². The first kappa shape index (κ1) is 21.2. The summed E-state index contributed by atoms with van der Waals surface area (Å²) in [5, 5.41) is 2.94. The maximum Gasteiger partial charge on any atom is 0.193 e. The predicted molar refractivity (Wildman–Crippen MR) is 112 cm³/mol. The van der Waals surface area contributed by atoms with E-state index in [1.54, 1.807) is 37.4 Å². The van der Waals surface area contributed by atoms with E-state index in [1.165, 1.54) is 0 Å². The summed E-state index contributed by atoms with van der Waals surface area (Å²) < 4.78 is 29.5. The van der Waals surface area contributed by atoms with E-state index in [1.807, 2.05) is 24.3 Å². The second-order valence-electron chi connectivity index (χ2n) is 5.08. The van der Waals surface area contributed by atoms with Crippen LogP contribution in [0, 0.1) is 0 Å². The molecule has 0 bridgehead atoms. The Morgan fingerprint density at radius 2 is 1.76 bits per heavy atom. The molecule has 0 aliphatic carbocycles. The van der Waals surface area contributed by atoms with Gasteiger partial charge in [-0.15, -0.1) is 24.0 Å². The summed E-state index contributed by atoms with van der Waals surface area (Å²) in [5.41, 5.74) is 6.53. The van der Waals surface area contributed by atoms with Gasteiger partial charge in [-0.25, -0.2) is 8.42 Å². The quantitative estimate of drug-likeness (QED) is 0.278. The van der Waals surface area contributed by atoms with Gasteiger partial charge in [0.05, 0.1) is 23.4 Å². The molecular weight excluding hydrogens is 453 g/mol. The second-order valence-corrected chi connectivity index (χ2v) is 7.19. The van der Waals surface area contributed by atoms with Gasteiger partial charge in [0.15, 0.2) is 15.8 Å². The van der Waals surface area contributed by atoms with Gasteiger partial charge in [-0.1, -0.05) is 30.3 Å². The molecule has 0 amide bonds. The van der Waals surface area contributed by atoms with Crippen molar-refractivity contribution in [3.05, 3.63) is 54.6 Å². The number of nitrogens with two attached hydrogens (primary N) is 1. The van der Waals surface area contributed by atoms with E-state index in [-0.39, 0.29) is 35.7 Å². The molecular formula is C17H22IN3O3S. The molecule has 0 aromatic heterocycles. The van der Waals surface area contributed by atoms with Crippen molar-refractivity contribution in [3.63, 3.8) is 0 Å². The lowest BCUT2D eigenvalue weighted by Crippen LogP contribution is -2.23. The Morgan fingerprint density at radius 1 is 1.12 bits per heavy atom. The van der Waals surface area contributed by atoms with E-state index in [9.17, 15) is 8.42 Å². The number of nitrogens with one attached hydrogen (secondary N) is 1. The highest BCUT2D eigenvalue weighted by Crippen LogP contribution is 2.22. The largest absolute Gasteiger partial charge is 0.495 e. The molecule has 0 unspecified atom stereocenters. The van der Waals surface area contributed by atoms with Gasteiger partial charge in [-0.05, 0) is 30.7 Å². The lowest BCUT2D eigenvalue weighted by molar-refractivity contribution is 0.417. The molecule has 0 spiro atoms. The Bertz CT molecular complexity index is 796. The van der Waals surface area contributed by atoms with Crippen LogP contribution in [0.2, 0.25) is 0 Å². The van der Waals surface area contributed by atoms with E-state index in [0.717, 1.165) is 0 Å². The highest BCUT2D eigenvalue weighted by molar-refractivity contribution is 14.0. The highest BCUT2D eigenvalue weighted by Gasteiger charge is 2.12. The molecule has 0 saturated heterocycles. The van der Waals surface area contributed by atoms with Crippen molar-refractivity contribution in [2.75, 3.05) is 24.7 Å². The Morgan fingerprint density at radius 3 is 2.44 bits per heavy atom. The van der Waals surface area contributed by atoms with Crippen LogP contribution in [0.3, 0.4) is 0 Å². The fraction of sp³-hybridized carbons (Fsp3) is 0.235. The van der Waals surface area contributed by atoms with Gasteiger partial charge in [0.25, 0.3) is 0 Å². The highest BCUT2D eigenvalue weighted by atomic mass is 127. The molecule has 8 heteroatoms. The molecule has 0 heterocycles. The third kappa shape index (κ3) is 6.54. The summed E-state index contributed by atoms with van der Waals surface area (Å²) >= 11 is 0. The minimum absolute atomic E-state index is 0.